The van der Waals surface area contributed by atoms with Crippen molar-refractivity contribution < 1.29 is 9.13 Å². The highest BCUT2D eigenvalue weighted by molar-refractivity contribution is 5.26. The van der Waals surface area contributed by atoms with Crippen LogP contribution in [0.5, 0.6) is 0 Å². The van der Waals surface area contributed by atoms with Gasteiger partial charge in [-0.2, -0.15) is 0 Å². The number of hydrogen-bond acceptors (Lipinski definition) is 2. The van der Waals surface area contributed by atoms with Gasteiger partial charge in [0, 0.05) is 19.2 Å². The minimum Gasteiger partial charge on any atom is -0.381 e. The molecule has 0 bridgehead atoms. The maximum Gasteiger partial charge on any atom is 0.123 e. The third kappa shape index (κ3) is 3.27. The highest BCUT2D eigenvalue weighted by Gasteiger charge is 2.21. The Balaban J connectivity index is 1.90. The van der Waals surface area contributed by atoms with Crippen LogP contribution < -0.4 is 5.32 Å². The molecule has 94 valence electrons. The van der Waals surface area contributed by atoms with Crippen LogP contribution in [0.1, 0.15) is 24.5 Å². The molecule has 2 nitrogen and oxygen atoms in total. The Kier molecular flexibility index (Phi) is 4.13. The number of ether oxygens (including phenoxy) is 1. The zero-order valence-electron chi connectivity index (χ0n) is 10.5. The molecular formula is C14H20FNO. The fraction of sp³-hybridized carbons (Fsp3) is 0.571. The summed E-state index contributed by atoms with van der Waals surface area (Å²) in [7, 11) is 0. The lowest BCUT2D eigenvalue weighted by atomic mass is 10.00. The van der Waals surface area contributed by atoms with Crippen LogP contribution in [0.15, 0.2) is 18.2 Å². The molecule has 1 N–H and O–H groups in total. The summed E-state index contributed by atoms with van der Waals surface area (Å²) in [5.74, 6) is 0.424. The van der Waals surface area contributed by atoms with E-state index in [1.165, 1.54) is 6.07 Å². The monoisotopic (exact) mass is 237 g/mol. The molecule has 1 aliphatic rings. The van der Waals surface area contributed by atoms with Gasteiger partial charge in [-0.1, -0.05) is 6.07 Å². The van der Waals surface area contributed by atoms with Gasteiger partial charge in [-0.05, 0) is 49.4 Å². The number of rotatable bonds is 4. The predicted molar refractivity (Wildman–Crippen MR) is 66.4 cm³/mol. The molecule has 1 aromatic carbocycles. The molecule has 1 aliphatic heterocycles. The van der Waals surface area contributed by atoms with Gasteiger partial charge in [0.05, 0.1) is 6.61 Å². The third-order valence-electron chi connectivity index (χ3n) is 3.60. The summed E-state index contributed by atoms with van der Waals surface area (Å²) in [5, 5.41) is 3.46. The van der Waals surface area contributed by atoms with Crippen molar-refractivity contribution in [3.8, 4) is 0 Å². The van der Waals surface area contributed by atoms with Crippen molar-refractivity contribution in [2.45, 2.75) is 32.9 Å². The first-order valence-electron chi connectivity index (χ1n) is 6.23. The zero-order valence-corrected chi connectivity index (χ0v) is 10.5. The molecule has 0 aromatic heterocycles. The SMILES string of the molecule is Cc1ccc(F)cc1CNC(C)C1CCOC1. The summed E-state index contributed by atoms with van der Waals surface area (Å²) >= 11 is 0. The van der Waals surface area contributed by atoms with Gasteiger partial charge in [-0.25, -0.2) is 4.39 Å². The van der Waals surface area contributed by atoms with Crippen LogP contribution >= 0.6 is 0 Å². The maximum atomic E-state index is 13.1. The molecule has 2 unspecified atom stereocenters. The van der Waals surface area contributed by atoms with Crippen LogP contribution in [0.2, 0.25) is 0 Å². The van der Waals surface area contributed by atoms with E-state index in [2.05, 4.69) is 12.2 Å². The molecule has 3 heteroatoms. The van der Waals surface area contributed by atoms with Gasteiger partial charge in [-0.3, -0.25) is 0 Å². The van der Waals surface area contributed by atoms with E-state index >= 15 is 0 Å². The first-order chi connectivity index (χ1) is 8.16. The summed E-state index contributed by atoms with van der Waals surface area (Å²) in [6.45, 7) is 6.63. The van der Waals surface area contributed by atoms with Crippen molar-refractivity contribution in [3.63, 3.8) is 0 Å². The molecule has 0 aliphatic carbocycles. The lowest BCUT2D eigenvalue weighted by Gasteiger charge is -2.19. The van der Waals surface area contributed by atoms with Crippen molar-refractivity contribution >= 4 is 0 Å². The average molecular weight is 237 g/mol. The van der Waals surface area contributed by atoms with Gasteiger partial charge in [0.2, 0.25) is 0 Å². The van der Waals surface area contributed by atoms with E-state index in [9.17, 15) is 4.39 Å². The minimum absolute atomic E-state index is 0.163. The number of benzene rings is 1. The number of aryl methyl sites for hydroxylation is 1. The van der Waals surface area contributed by atoms with Gasteiger partial charge in [0.15, 0.2) is 0 Å². The average Bonchev–Trinajstić information content (AvgIpc) is 2.83. The summed E-state index contributed by atoms with van der Waals surface area (Å²) in [5.41, 5.74) is 2.17. The summed E-state index contributed by atoms with van der Waals surface area (Å²) in [4.78, 5) is 0. The second-order valence-corrected chi connectivity index (χ2v) is 4.86. The van der Waals surface area contributed by atoms with Crippen LogP contribution in [0.3, 0.4) is 0 Å². The fourth-order valence-electron chi connectivity index (χ4n) is 2.22. The van der Waals surface area contributed by atoms with Gasteiger partial charge in [-0.15, -0.1) is 0 Å². The van der Waals surface area contributed by atoms with Crippen LogP contribution in [-0.4, -0.2) is 19.3 Å². The fourth-order valence-corrected chi connectivity index (χ4v) is 2.22. The molecule has 2 atom stereocenters. The number of halogens is 1. The van der Waals surface area contributed by atoms with E-state index in [0.29, 0.717) is 12.0 Å². The first kappa shape index (κ1) is 12.5. The highest BCUT2D eigenvalue weighted by Crippen LogP contribution is 2.17. The number of nitrogens with one attached hydrogen (secondary N) is 1. The van der Waals surface area contributed by atoms with Gasteiger partial charge < -0.3 is 10.1 Å². The van der Waals surface area contributed by atoms with Crippen molar-refractivity contribution in [3.05, 3.63) is 35.1 Å². The van der Waals surface area contributed by atoms with Gasteiger partial charge >= 0.3 is 0 Å². The minimum atomic E-state index is -0.163. The third-order valence-corrected chi connectivity index (χ3v) is 3.60. The molecule has 0 saturated carbocycles. The van der Waals surface area contributed by atoms with E-state index in [4.69, 9.17) is 4.74 Å². The Labute approximate surface area is 102 Å². The van der Waals surface area contributed by atoms with E-state index in [0.717, 1.165) is 37.3 Å². The molecule has 17 heavy (non-hydrogen) atoms. The molecule has 2 rings (SSSR count). The molecule has 0 radical (unpaired) electrons. The highest BCUT2D eigenvalue weighted by atomic mass is 19.1. The maximum absolute atomic E-state index is 13.1. The lowest BCUT2D eigenvalue weighted by Crippen LogP contribution is -2.33. The Morgan fingerprint density at radius 3 is 3.06 bits per heavy atom. The first-order valence-corrected chi connectivity index (χ1v) is 6.23. The second-order valence-electron chi connectivity index (χ2n) is 4.86. The molecule has 1 aromatic rings. The van der Waals surface area contributed by atoms with Crippen molar-refractivity contribution in [1.82, 2.24) is 5.32 Å². The van der Waals surface area contributed by atoms with Crippen molar-refractivity contribution in [1.29, 1.82) is 0 Å². The predicted octanol–water partition coefficient (Wildman–Crippen LogP) is 2.65. The second kappa shape index (κ2) is 5.61. The van der Waals surface area contributed by atoms with Crippen LogP contribution in [0.25, 0.3) is 0 Å². The Morgan fingerprint density at radius 2 is 2.35 bits per heavy atom. The van der Waals surface area contributed by atoms with Gasteiger partial charge in [0.25, 0.3) is 0 Å². The van der Waals surface area contributed by atoms with Gasteiger partial charge in [0.1, 0.15) is 5.82 Å². The van der Waals surface area contributed by atoms with E-state index in [1.807, 2.05) is 13.0 Å². The zero-order chi connectivity index (χ0) is 12.3. The lowest BCUT2D eigenvalue weighted by molar-refractivity contribution is 0.178. The quantitative estimate of drug-likeness (QED) is 0.869. The molecule has 0 amide bonds. The standard InChI is InChI=1S/C14H20FNO/c1-10-3-4-14(15)7-13(10)8-16-11(2)12-5-6-17-9-12/h3-4,7,11-12,16H,5-6,8-9H2,1-2H3. The van der Waals surface area contributed by atoms with Crippen molar-refractivity contribution in [2.24, 2.45) is 5.92 Å². The van der Waals surface area contributed by atoms with Crippen LogP contribution in [0.4, 0.5) is 4.39 Å². The summed E-state index contributed by atoms with van der Waals surface area (Å²) < 4.78 is 18.5. The molecular weight excluding hydrogens is 217 g/mol. The Hall–Kier alpha value is -0.930. The summed E-state index contributed by atoms with van der Waals surface area (Å²) in [6.07, 6.45) is 1.12. The van der Waals surface area contributed by atoms with E-state index in [1.54, 1.807) is 6.07 Å². The van der Waals surface area contributed by atoms with E-state index in [-0.39, 0.29) is 5.82 Å². The normalized spacial score (nSPS) is 21.7. The topological polar surface area (TPSA) is 21.3 Å². The van der Waals surface area contributed by atoms with Crippen molar-refractivity contribution in [2.75, 3.05) is 13.2 Å². The molecule has 1 fully saturated rings. The smallest absolute Gasteiger partial charge is 0.123 e. The largest absolute Gasteiger partial charge is 0.381 e. The van der Waals surface area contributed by atoms with Crippen LogP contribution in [-0.2, 0) is 11.3 Å². The Bertz CT molecular complexity index is 374. The molecule has 0 spiro atoms. The van der Waals surface area contributed by atoms with E-state index < -0.39 is 0 Å². The Morgan fingerprint density at radius 1 is 1.53 bits per heavy atom. The molecule has 1 heterocycles. The number of hydrogen-bond donors (Lipinski definition) is 1. The van der Waals surface area contributed by atoms with Crippen LogP contribution in [0, 0.1) is 18.7 Å². The summed E-state index contributed by atoms with van der Waals surface area (Å²) in [6, 6.07) is 5.36. The molecule has 1 saturated heterocycles.